The van der Waals surface area contributed by atoms with Gasteiger partial charge in [0.2, 0.25) is 0 Å². The van der Waals surface area contributed by atoms with Gasteiger partial charge in [-0.25, -0.2) is 0 Å². The van der Waals surface area contributed by atoms with Crippen LogP contribution in [0.25, 0.3) is 10.9 Å². The molecule has 0 spiro atoms. The molecule has 3 heterocycles. The van der Waals surface area contributed by atoms with Gasteiger partial charge in [0.05, 0.1) is 29.8 Å². The zero-order valence-electron chi connectivity index (χ0n) is 12.0. The molecule has 0 bridgehead atoms. The summed E-state index contributed by atoms with van der Waals surface area (Å²) in [5, 5.41) is 5.85. The zero-order valence-corrected chi connectivity index (χ0v) is 12.7. The minimum absolute atomic E-state index is 0.0175. The van der Waals surface area contributed by atoms with Gasteiger partial charge >= 0.3 is 0 Å². The Labute approximate surface area is 132 Å². The van der Waals surface area contributed by atoms with Crippen molar-refractivity contribution in [3.63, 3.8) is 0 Å². The van der Waals surface area contributed by atoms with Gasteiger partial charge in [-0.15, -0.1) is 0 Å². The van der Waals surface area contributed by atoms with Gasteiger partial charge in [-0.1, -0.05) is 11.6 Å². The van der Waals surface area contributed by atoms with Crippen LogP contribution in [0.3, 0.4) is 0 Å². The number of aryl methyl sites for hydroxylation is 1. The number of carbonyl (C=O) groups excluding carboxylic acids is 1. The number of pyridine rings is 1. The molecular weight excluding hydrogens is 300 g/mol. The summed E-state index contributed by atoms with van der Waals surface area (Å²) in [5.41, 5.74) is 3.42. The summed E-state index contributed by atoms with van der Waals surface area (Å²) in [4.78, 5) is 18.8. The maximum atomic E-state index is 12.8. The van der Waals surface area contributed by atoms with Crippen molar-refractivity contribution in [2.75, 3.05) is 11.4 Å². The van der Waals surface area contributed by atoms with Crippen LogP contribution in [-0.4, -0.2) is 27.2 Å². The number of nitrogens with zero attached hydrogens (tertiary/aromatic N) is 4. The Hall–Kier alpha value is -2.40. The Balaban J connectivity index is 1.83. The van der Waals surface area contributed by atoms with Crippen LogP contribution in [0, 0.1) is 0 Å². The van der Waals surface area contributed by atoms with E-state index in [1.807, 2.05) is 13.1 Å². The molecule has 0 atom stereocenters. The summed E-state index contributed by atoms with van der Waals surface area (Å²) in [5.74, 6) is -0.0175. The number of benzene rings is 1. The first-order chi connectivity index (χ1) is 10.6. The lowest BCUT2D eigenvalue weighted by Gasteiger charge is -2.28. The van der Waals surface area contributed by atoms with E-state index >= 15 is 0 Å². The Morgan fingerprint density at radius 2 is 2.09 bits per heavy atom. The maximum absolute atomic E-state index is 12.8. The molecule has 1 amide bonds. The average molecular weight is 313 g/mol. The molecule has 1 aliphatic heterocycles. The molecule has 110 valence electrons. The minimum atomic E-state index is -0.0175. The van der Waals surface area contributed by atoms with E-state index in [0.29, 0.717) is 17.1 Å². The highest BCUT2D eigenvalue weighted by molar-refractivity contribution is 6.30. The van der Waals surface area contributed by atoms with Crippen LogP contribution in [-0.2, 0) is 13.5 Å². The van der Waals surface area contributed by atoms with E-state index in [1.165, 1.54) is 0 Å². The number of halogens is 1. The van der Waals surface area contributed by atoms with Crippen molar-refractivity contribution in [2.24, 2.45) is 7.05 Å². The standard InChI is InChI=1S/C16H13ClN4O/c1-20-14-8-18-9-15(13(14)7-19-20)21-5-4-10-6-11(17)2-3-12(10)16(21)22/h2-3,6-9H,4-5H2,1H3. The van der Waals surface area contributed by atoms with Crippen LogP contribution in [0.15, 0.2) is 36.8 Å². The zero-order chi connectivity index (χ0) is 15.3. The van der Waals surface area contributed by atoms with Crippen LogP contribution in [0.2, 0.25) is 5.02 Å². The number of hydrogen-bond acceptors (Lipinski definition) is 3. The van der Waals surface area contributed by atoms with Crippen molar-refractivity contribution in [3.8, 4) is 0 Å². The Kier molecular flexibility index (Phi) is 2.90. The van der Waals surface area contributed by atoms with E-state index in [9.17, 15) is 4.79 Å². The second kappa shape index (κ2) is 4.81. The van der Waals surface area contributed by atoms with Crippen molar-refractivity contribution < 1.29 is 4.79 Å². The molecule has 4 rings (SSSR count). The van der Waals surface area contributed by atoms with Gasteiger partial charge in [0.1, 0.15) is 0 Å². The monoisotopic (exact) mass is 312 g/mol. The van der Waals surface area contributed by atoms with Gasteiger partial charge in [0.25, 0.3) is 5.91 Å². The molecule has 0 saturated heterocycles. The third-order valence-corrected chi connectivity index (χ3v) is 4.33. The fourth-order valence-corrected chi connectivity index (χ4v) is 3.14. The third-order valence-electron chi connectivity index (χ3n) is 4.09. The van der Waals surface area contributed by atoms with Crippen molar-refractivity contribution in [1.82, 2.24) is 14.8 Å². The lowest BCUT2D eigenvalue weighted by Crippen LogP contribution is -2.37. The predicted molar refractivity (Wildman–Crippen MR) is 85.3 cm³/mol. The highest BCUT2D eigenvalue weighted by Crippen LogP contribution is 2.30. The molecule has 22 heavy (non-hydrogen) atoms. The molecule has 0 fully saturated rings. The first kappa shape index (κ1) is 13.3. The molecule has 1 aliphatic rings. The quantitative estimate of drug-likeness (QED) is 0.694. The van der Waals surface area contributed by atoms with E-state index < -0.39 is 0 Å². The third kappa shape index (κ3) is 1.89. The van der Waals surface area contributed by atoms with Crippen molar-refractivity contribution >= 4 is 34.1 Å². The highest BCUT2D eigenvalue weighted by atomic mass is 35.5. The normalized spacial score (nSPS) is 14.5. The molecule has 0 aliphatic carbocycles. The van der Waals surface area contributed by atoms with E-state index in [0.717, 1.165) is 28.6 Å². The largest absolute Gasteiger partial charge is 0.306 e. The van der Waals surface area contributed by atoms with Crippen molar-refractivity contribution in [3.05, 3.63) is 52.9 Å². The van der Waals surface area contributed by atoms with E-state index in [2.05, 4.69) is 10.1 Å². The van der Waals surface area contributed by atoms with Crippen LogP contribution in [0.4, 0.5) is 5.69 Å². The molecular formula is C16H13ClN4O. The van der Waals surface area contributed by atoms with Gasteiger partial charge in [0, 0.05) is 29.6 Å². The Bertz CT molecular complexity index is 902. The highest BCUT2D eigenvalue weighted by Gasteiger charge is 2.27. The first-order valence-electron chi connectivity index (χ1n) is 7.01. The van der Waals surface area contributed by atoms with Gasteiger partial charge in [0.15, 0.2) is 0 Å². The van der Waals surface area contributed by atoms with E-state index in [-0.39, 0.29) is 5.91 Å². The van der Waals surface area contributed by atoms with Gasteiger partial charge in [-0.2, -0.15) is 5.10 Å². The molecule has 0 radical (unpaired) electrons. The average Bonchev–Trinajstić information content (AvgIpc) is 2.89. The van der Waals surface area contributed by atoms with Crippen LogP contribution >= 0.6 is 11.6 Å². The number of fused-ring (bicyclic) bond motifs is 2. The second-order valence-electron chi connectivity index (χ2n) is 5.37. The number of anilines is 1. The Morgan fingerprint density at radius 3 is 2.95 bits per heavy atom. The minimum Gasteiger partial charge on any atom is -0.306 e. The number of aromatic nitrogens is 3. The number of hydrogen-bond donors (Lipinski definition) is 0. The first-order valence-corrected chi connectivity index (χ1v) is 7.39. The fourth-order valence-electron chi connectivity index (χ4n) is 2.95. The van der Waals surface area contributed by atoms with Gasteiger partial charge in [-0.3, -0.25) is 14.5 Å². The number of rotatable bonds is 1. The van der Waals surface area contributed by atoms with Crippen molar-refractivity contribution in [2.45, 2.75) is 6.42 Å². The molecule has 0 saturated carbocycles. The topological polar surface area (TPSA) is 51.0 Å². The maximum Gasteiger partial charge on any atom is 0.258 e. The summed E-state index contributed by atoms with van der Waals surface area (Å²) >= 11 is 6.01. The predicted octanol–water partition coefficient (Wildman–Crippen LogP) is 2.82. The number of carbonyl (C=O) groups is 1. The van der Waals surface area contributed by atoms with Crippen molar-refractivity contribution in [1.29, 1.82) is 0 Å². The van der Waals surface area contributed by atoms with E-state index in [1.54, 1.807) is 40.3 Å². The number of amides is 1. The SMILES string of the molecule is Cn1ncc2c(N3CCc4cc(Cl)ccc4C3=O)cncc21. The molecule has 0 unspecified atom stereocenters. The molecule has 5 nitrogen and oxygen atoms in total. The molecule has 2 aromatic heterocycles. The molecule has 3 aromatic rings. The van der Waals surface area contributed by atoms with Crippen LogP contribution < -0.4 is 4.90 Å². The summed E-state index contributed by atoms with van der Waals surface area (Å²) in [6, 6.07) is 5.42. The second-order valence-corrected chi connectivity index (χ2v) is 5.80. The van der Waals surface area contributed by atoms with E-state index in [4.69, 9.17) is 11.6 Å². The van der Waals surface area contributed by atoms with Gasteiger partial charge in [-0.05, 0) is 30.2 Å². The fraction of sp³-hybridized carbons (Fsp3) is 0.188. The van der Waals surface area contributed by atoms with Crippen LogP contribution in [0.1, 0.15) is 15.9 Å². The Morgan fingerprint density at radius 1 is 1.23 bits per heavy atom. The molecule has 1 aromatic carbocycles. The van der Waals surface area contributed by atoms with Gasteiger partial charge < -0.3 is 4.90 Å². The van der Waals surface area contributed by atoms with Crippen LogP contribution in [0.5, 0.6) is 0 Å². The summed E-state index contributed by atoms with van der Waals surface area (Å²) in [6.07, 6.45) is 6.03. The summed E-state index contributed by atoms with van der Waals surface area (Å²) in [7, 11) is 1.86. The lowest BCUT2D eigenvalue weighted by molar-refractivity contribution is 0.0981. The lowest BCUT2D eigenvalue weighted by atomic mass is 9.98. The molecule has 0 N–H and O–H groups in total. The molecule has 6 heteroatoms. The summed E-state index contributed by atoms with van der Waals surface area (Å²) in [6.45, 7) is 0.613. The summed E-state index contributed by atoms with van der Waals surface area (Å²) < 4.78 is 1.76. The smallest absolute Gasteiger partial charge is 0.258 e.